The summed E-state index contributed by atoms with van der Waals surface area (Å²) < 4.78 is 4.03. The number of rotatable bonds is 3. The third-order valence-corrected chi connectivity index (χ3v) is 0.506. The van der Waals surface area contributed by atoms with Crippen LogP contribution in [0.2, 0.25) is 0 Å². The number of ether oxygens (including phenoxy) is 1. The molecule has 0 unspecified atom stereocenters. The van der Waals surface area contributed by atoms with Crippen molar-refractivity contribution < 1.29 is 62.0 Å². The zero-order chi connectivity index (χ0) is 11.1. The molecule has 0 atom stereocenters. The van der Waals surface area contributed by atoms with E-state index in [9.17, 15) is 4.79 Å². The van der Waals surface area contributed by atoms with Gasteiger partial charge < -0.3 is 24.5 Å². The first-order chi connectivity index (χ1) is 6.10. The van der Waals surface area contributed by atoms with Gasteiger partial charge in [0.15, 0.2) is 0 Å². The zero-order valence-corrected chi connectivity index (χ0v) is 10.9. The molecule has 0 saturated carbocycles. The zero-order valence-electron chi connectivity index (χ0n) is 8.02. The van der Waals surface area contributed by atoms with Crippen LogP contribution in [-0.2, 0) is 51.8 Å². The van der Waals surface area contributed by atoms with Gasteiger partial charge in [0.1, 0.15) is 0 Å². The summed E-state index contributed by atoms with van der Waals surface area (Å²) in [4.78, 5) is 26.7. The van der Waals surface area contributed by atoms with Crippen molar-refractivity contribution in [3.63, 3.8) is 0 Å². The summed E-state index contributed by atoms with van der Waals surface area (Å²) in [5.41, 5.74) is 0. The van der Waals surface area contributed by atoms with E-state index in [0.29, 0.717) is 13.1 Å². The maximum atomic E-state index is 9.37. The van der Waals surface area contributed by atoms with Gasteiger partial charge in [-0.25, -0.2) is 0 Å². The Balaban J connectivity index is -0.0000000535. The quantitative estimate of drug-likeness (QED) is 0.716. The van der Waals surface area contributed by atoms with Crippen molar-refractivity contribution in [1.82, 2.24) is 0 Å². The predicted molar refractivity (Wildman–Crippen MR) is 43.6 cm³/mol. The van der Waals surface area contributed by atoms with Crippen LogP contribution in [-0.4, -0.2) is 35.7 Å². The van der Waals surface area contributed by atoms with Gasteiger partial charge in [0.2, 0.25) is 0 Å². The van der Waals surface area contributed by atoms with Gasteiger partial charge in [-0.2, -0.15) is 0 Å². The van der Waals surface area contributed by atoms with Crippen molar-refractivity contribution in [1.29, 1.82) is 0 Å². The van der Waals surface area contributed by atoms with E-state index in [1.54, 1.807) is 13.8 Å². The molecule has 0 aliphatic heterocycles. The second-order valence-corrected chi connectivity index (χ2v) is 1.35. The Morgan fingerprint density at radius 1 is 1.36 bits per heavy atom. The van der Waals surface area contributed by atoms with E-state index in [2.05, 4.69) is 4.74 Å². The molecule has 0 heterocycles. The molecular formula is C7H12O6Y-2. The summed E-state index contributed by atoms with van der Waals surface area (Å²) in [6, 6.07) is 0. The van der Waals surface area contributed by atoms with E-state index in [1.165, 1.54) is 6.47 Å². The third kappa shape index (κ3) is 103. The minimum atomic E-state index is -0.745. The number of carboxylic acid groups (broad SMARTS) is 1. The molecule has 0 aromatic rings. The Hall–Kier alpha value is -0.486. The predicted octanol–water partition coefficient (Wildman–Crippen LogP) is 0.180. The number of aliphatic carboxylic acids is 1. The Kier molecular flexibility index (Phi) is 49.1. The summed E-state index contributed by atoms with van der Waals surface area (Å²) >= 11 is 0. The number of aliphatic hydroxyl groups excluding tert-OH is 1. The van der Waals surface area contributed by atoms with E-state index in [1.807, 2.05) is 0 Å². The van der Waals surface area contributed by atoms with E-state index < -0.39 is 5.97 Å². The normalized spacial score (nSPS) is 5.86. The van der Waals surface area contributed by atoms with E-state index in [-0.39, 0.29) is 39.1 Å². The molecule has 1 radical (unpaired) electrons. The topological polar surface area (TPSA) is 101 Å². The maximum Gasteiger partial charge on any atom is 0.303 e. The Morgan fingerprint density at radius 3 is 1.64 bits per heavy atom. The van der Waals surface area contributed by atoms with Crippen LogP contribution < -0.4 is 0 Å². The summed E-state index contributed by atoms with van der Waals surface area (Å²) in [6.07, 6.45) is 0.222. The summed E-state index contributed by atoms with van der Waals surface area (Å²) in [6.45, 7) is 5.51. The second-order valence-electron chi connectivity index (χ2n) is 1.35. The molecule has 0 rings (SSSR count). The number of carbonyl (C=O) groups excluding carboxylic acids is 1. The molecule has 14 heavy (non-hydrogen) atoms. The van der Waals surface area contributed by atoms with Crippen molar-refractivity contribution in [2.24, 2.45) is 0 Å². The standard InChI is InChI=1S/C3H5O2.C3H6O2.CHO2.Y/c1-2-5-3-4;1-2-3(4)5;2-1-3;/h2H2,1H3;2H2,1H3,(H,4,5);(H,2,3);/q-1;;-1;. The Bertz CT molecular complexity index is 127. The van der Waals surface area contributed by atoms with E-state index >= 15 is 0 Å². The van der Waals surface area contributed by atoms with Crippen LogP contribution in [0, 0.1) is 0 Å². The monoisotopic (exact) mass is 281 g/mol. The fourth-order valence-corrected chi connectivity index (χ4v) is 0.0589. The molecule has 0 spiro atoms. The average molecular weight is 281 g/mol. The number of carbonyl (C=O) groups is 1. The number of hydrogen-bond acceptors (Lipinski definition) is 4. The smallest absolute Gasteiger partial charge is 0.303 e. The number of hydrogen-bond donors (Lipinski definition) is 2. The molecule has 0 aromatic heterocycles. The minimum absolute atomic E-state index is 0. The molecule has 81 valence electrons. The van der Waals surface area contributed by atoms with Gasteiger partial charge in [0.25, 0.3) is 0 Å². The van der Waals surface area contributed by atoms with Crippen LogP contribution in [0.5, 0.6) is 0 Å². The first kappa shape index (κ1) is 23.4. The van der Waals surface area contributed by atoms with Gasteiger partial charge in [-0.1, -0.05) is 19.9 Å². The van der Waals surface area contributed by atoms with Gasteiger partial charge in [-0.15, -0.1) is 0 Å². The molecule has 0 aliphatic carbocycles. The first-order valence-corrected chi connectivity index (χ1v) is 3.32. The summed E-state index contributed by atoms with van der Waals surface area (Å²) in [5, 5.41) is 14.5. The third-order valence-electron chi connectivity index (χ3n) is 0.506. The van der Waals surface area contributed by atoms with Crippen molar-refractivity contribution in [3.05, 3.63) is 0 Å². The van der Waals surface area contributed by atoms with Gasteiger partial charge in [0, 0.05) is 45.7 Å². The maximum absolute atomic E-state index is 9.37. The average Bonchev–Trinajstić information content (AvgIpc) is 2.08. The molecule has 6 nitrogen and oxygen atoms in total. The molecule has 2 N–H and O–H groups in total. The Morgan fingerprint density at radius 2 is 1.64 bits per heavy atom. The fraction of sp³-hybridized carbons (Fsp3) is 0.571. The van der Waals surface area contributed by atoms with Crippen molar-refractivity contribution in [2.45, 2.75) is 20.3 Å². The van der Waals surface area contributed by atoms with Crippen molar-refractivity contribution in [2.75, 3.05) is 6.61 Å². The van der Waals surface area contributed by atoms with Gasteiger partial charge in [-0.3, -0.25) is 4.79 Å². The van der Waals surface area contributed by atoms with Crippen LogP contribution in [0.25, 0.3) is 0 Å². The van der Waals surface area contributed by atoms with Crippen molar-refractivity contribution in [3.8, 4) is 0 Å². The molecular weight excluding hydrogens is 269 g/mol. The van der Waals surface area contributed by atoms with Crippen LogP contribution in [0.4, 0.5) is 0 Å². The largest absolute Gasteiger partial charge is 0.665 e. The molecule has 0 saturated heterocycles. The molecule has 7 heteroatoms. The van der Waals surface area contributed by atoms with E-state index in [4.69, 9.17) is 19.8 Å². The van der Waals surface area contributed by atoms with Crippen molar-refractivity contribution >= 4 is 18.9 Å². The molecule has 0 amide bonds. The van der Waals surface area contributed by atoms with Gasteiger partial charge in [0.05, 0.1) is 0 Å². The number of carboxylic acids is 1. The van der Waals surface area contributed by atoms with Crippen LogP contribution >= 0.6 is 0 Å². The molecule has 0 fully saturated rings. The molecule has 0 aliphatic rings. The molecule has 0 bridgehead atoms. The summed E-state index contributed by atoms with van der Waals surface area (Å²) in [5.74, 6) is -0.745. The van der Waals surface area contributed by atoms with Gasteiger partial charge in [-0.05, 0) is 6.92 Å². The van der Waals surface area contributed by atoms with Crippen LogP contribution in [0.3, 0.4) is 0 Å². The SMILES string of the molecule is CCC(=O)O.CCO[C-]=O.O=[C-]O.[Y]. The van der Waals surface area contributed by atoms with Gasteiger partial charge >= 0.3 is 5.97 Å². The second kappa shape index (κ2) is 29.4. The van der Waals surface area contributed by atoms with E-state index in [0.717, 1.165) is 0 Å². The fourth-order valence-electron chi connectivity index (χ4n) is 0.0589. The Labute approximate surface area is 108 Å². The summed E-state index contributed by atoms with van der Waals surface area (Å²) in [7, 11) is 0. The van der Waals surface area contributed by atoms with Crippen LogP contribution in [0.15, 0.2) is 0 Å². The van der Waals surface area contributed by atoms with Crippen LogP contribution in [0.1, 0.15) is 20.3 Å². The molecule has 0 aromatic carbocycles. The first-order valence-electron chi connectivity index (χ1n) is 3.32. The minimum Gasteiger partial charge on any atom is -0.665 e.